The second-order valence-electron chi connectivity index (χ2n) is 5.10. The summed E-state index contributed by atoms with van der Waals surface area (Å²) in [5, 5.41) is 21.1. The van der Waals surface area contributed by atoms with Crippen LogP contribution in [0, 0.1) is 10.1 Å². The maximum atomic E-state index is 11.1. The first kappa shape index (κ1) is 13.6. The fourth-order valence-electron chi connectivity index (χ4n) is 2.27. The Morgan fingerprint density at radius 1 is 1.42 bits per heavy atom. The van der Waals surface area contributed by atoms with E-state index in [0.29, 0.717) is 37.4 Å². The minimum Gasteiger partial charge on any atom is -0.496 e. The summed E-state index contributed by atoms with van der Waals surface area (Å²) in [4.78, 5) is 12.7. The summed E-state index contributed by atoms with van der Waals surface area (Å²) >= 11 is 0. The number of aliphatic hydroxyl groups is 1. The molecule has 1 fully saturated rings. The molecule has 1 N–H and O–H groups in total. The largest absolute Gasteiger partial charge is 0.496 e. The smallest absolute Gasteiger partial charge is 0.296 e. The van der Waals surface area contributed by atoms with Crippen molar-refractivity contribution in [1.29, 1.82) is 0 Å². The third-order valence-corrected chi connectivity index (χ3v) is 3.56. The van der Waals surface area contributed by atoms with Crippen LogP contribution in [0.1, 0.15) is 19.8 Å². The van der Waals surface area contributed by atoms with Gasteiger partial charge in [0, 0.05) is 13.1 Å². The van der Waals surface area contributed by atoms with E-state index in [9.17, 15) is 15.2 Å². The summed E-state index contributed by atoms with van der Waals surface area (Å²) in [5.41, 5.74) is -0.0419. The maximum Gasteiger partial charge on any atom is 0.296 e. The quantitative estimate of drug-likeness (QED) is 0.668. The standard InChI is InChI=1S/C13H18N2O4/c1-13(16)5-7-14(8-6-13)11-4-3-10(19-2)9-12(11)15(17)18/h3-4,9,16H,5-8H2,1-2H3. The van der Waals surface area contributed by atoms with Crippen molar-refractivity contribution in [3.8, 4) is 5.75 Å². The molecule has 104 valence electrons. The summed E-state index contributed by atoms with van der Waals surface area (Å²) in [6.07, 6.45) is 1.21. The molecule has 1 saturated heterocycles. The second-order valence-corrected chi connectivity index (χ2v) is 5.10. The molecule has 6 nitrogen and oxygen atoms in total. The molecule has 1 aromatic carbocycles. The Bertz CT molecular complexity index is 478. The number of hydrogen-bond donors (Lipinski definition) is 1. The van der Waals surface area contributed by atoms with Gasteiger partial charge in [-0.1, -0.05) is 0 Å². The van der Waals surface area contributed by atoms with Gasteiger partial charge in [-0.3, -0.25) is 10.1 Å². The number of methoxy groups -OCH3 is 1. The molecule has 0 atom stereocenters. The molecule has 1 aliphatic heterocycles. The van der Waals surface area contributed by atoms with E-state index in [1.165, 1.54) is 13.2 Å². The first-order valence-electron chi connectivity index (χ1n) is 6.23. The van der Waals surface area contributed by atoms with Crippen molar-refractivity contribution in [3.63, 3.8) is 0 Å². The topological polar surface area (TPSA) is 75.8 Å². The van der Waals surface area contributed by atoms with E-state index >= 15 is 0 Å². The molecule has 0 radical (unpaired) electrons. The average Bonchev–Trinajstić information content (AvgIpc) is 2.38. The number of hydrogen-bond acceptors (Lipinski definition) is 5. The highest BCUT2D eigenvalue weighted by Crippen LogP contribution is 2.34. The predicted molar refractivity (Wildman–Crippen MR) is 71.7 cm³/mol. The van der Waals surface area contributed by atoms with Crippen LogP contribution in [0.2, 0.25) is 0 Å². The lowest BCUT2D eigenvalue weighted by Gasteiger charge is -2.36. The van der Waals surface area contributed by atoms with E-state index in [-0.39, 0.29) is 5.69 Å². The number of ether oxygens (including phenoxy) is 1. The summed E-state index contributed by atoms with van der Waals surface area (Å²) in [7, 11) is 1.48. The van der Waals surface area contributed by atoms with Gasteiger partial charge < -0.3 is 14.7 Å². The first-order chi connectivity index (χ1) is 8.93. The Kier molecular flexibility index (Phi) is 3.61. The summed E-state index contributed by atoms with van der Waals surface area (Å²) in [5.74, 6) is 0.472. The van der Waals surface area contributed by atoms with Gasteiger partial charge in [0.15, 0.2) is 0 Å². The van der Waals surface area contributed by atoms with Gasteiger partial charge in [-0.2, -0.15) is 0 Å². The van der Waals surface area contributed by atoms with E-state index in [2.05, 4.69) is 0 Å². The molecule has 19 heavy (non-hydrogen) atoms. The number of rotatable bonds is 3. The molecular weight excluding hydrogens is 248 g/mol. The third kappa shape index (κ3) is 2.96. The zero-order valence-electron chi connectivity index (χ0n) is 11.1. The van der Waals surface area contributed by atoms with Crippen molar-refractivity contribution in [3.05, 3.63) is 28.3 Å². The minimum absolute atomic E-state index is 0.0425. The summed E-state index contributed by atoms with van der Waals surface area (Å²) < 4.78 is 5.02. The third-order valence-electron chi connectivity index (χ3n) is 3.56. The fourth-order valence-corrected chi connectivity index (χ4v) is 2.27. The van der Waals surface area contributed by atoms with Crippen LogP contribution in [0.3, 0.4) is 0 Å². The molecule has 1 aromatic rings. The van der Waals surface area contributed by atoms with E-state index in [1.54, 1.807) is 19.1 Å². The number of nitro groups is 1. The number of piperidine rings is 1. The maximum absolute atomic E-state index is 11.1. The molecule has 0 spiro atoms. The van der Waals surface area contributed by atoms with Crippen LogP contribution in [-0.4, -0.2) is 35.8 Å². The average molecular weight is 266 g/mol. The van der Waals surface area contributed by atoms with Crippen molar-refractivity contribution in [1.82, 2.24) is 0 Å². The van der Waals surface area contributed by atoms with Gasteiger partial charge >= 0.3 is 0 Å². The molecule has 6 heteroatoms. The van der Waals surface area contributed by atoms with Crippen LogP contribution in [0.4, 0.5) is 11.4 Å². The van der Waals surface area contributed by atoms with Gasteiger partial charge in [-0.05, 0) is 31.9 Å². The molecule has 1 heterocycles. The Labute approximate surface area is 111 Å². The highest BCUT2D eigenvalue weighted by Gasteiger charge is 2.30. The van der Waals surface area contributed by atoms with Crippen LogP contribution >= 0.6 is 0 Å². The molecule has 0 unspecified atom stereocenters. The highest BCUT2D eigenvalue weighted by atomic mass is 16.6. The van der Waals surface area contributed by atoms with E-state index in [4.69, 9.17) is 4.74 Å². The minimum atomic E-state index is -0.669. The second kappa shape index (κ2) is 5.05. The fraction of sp³-hybridized carbons (Fsp3) is 0.538. The van der Waals surface area contributed by atoms with Gasteiger partial charge in [0.1, 0.15) is 11.4 Å². The lowest BCUT2D eigenvalue weighted by atomic mass is 9.93. The molecule has 0 aromatic heterocycles. The molecule has 2 rings (SSSR count). The van der Waals surface area contributed by atoms with Gasteiger partial charge in [-0.25, -0.2) is 0 Å². The van der Waals surface area contributed by atoms with Crippen LogP contribution in [0.25, 0.3) is 0 Å². The molecule has 0 saturated carbocycles. The molecule has 0 aliphatic carbocycles. The van der Waals surface area contributed by atoms with Crippen molar-refractivity contribution in [2.45, 2.75) is 25.4 Å². The normalized spacial score (nSPS) is 18.2. The van der Waals surface area contributed by atoms with Crippen molar-refractivity contribution >= 4 is 11.4 Å². The van der Waals surface area contributed by atoms with E-state index < -0.39 is 10.5 Å². The Hall–Kier alpha value is -1.82. The summed E-state index contributed by atoms with van der Waals surface area (Å²) in [6.45, 7) is 3.02. The Balaban J connectivity index is 2.27. The number of anilines is 1. The van der Waals surface area contributed by atoms with E-state index in [1.807, 2.05) is 4.90 Å². The monoisotopic (exact) mass is 266 g/mol. The van der Waals surface area contributed by atoms with Crippen molar-refractivity contribution < 1.29 is 14.8 Å². The summed E-state index contributed by atoms with van der Waals surface area (Å²) in [6, 6.07) is 4.86. The van der Waals surface area contributed by atoms with Crippen LogP contribution in [0.5, 0.6) is 5.75 Å². The van der Waals surface area contributed by atoms with Crippen molar-refractivity contribution in [2.24, 2.45) is 0 Å². The van der Waals surface area contributed by atoms with Crippen LogP contribution in [0.15, 0.2) is 18.2 Å². The van der Waals surface area contributed by atoms with Gasteiger partial charge in [0.2, 0.25) is 0 Å². The zero-order valence-corrected chi connectivity index (χ0v) is 11.1. The SMILES string of the molecule is COc1ccc(N2CCC(C)(O)CC2)c([N+](=O)[O-])c1. The Morgan fingerprint density at radius 3 is 2.58 bits per heavy atom. The molecule has 0 amide bonds. The van der Waals surface area contributed by atoms with Crippen molar-refractivity contribution in [2.75, 3.05) is 25.1 Å². The molecule has 0 bridgehead atoms. The number of nitro benzene ring substituents is 1. The lowest BCUT2D eigenvalue weighted by Crippen LogP contribution is -2.42. The number of nitrogens with zero attached hydrogens (tertiary/aromatic N) is 2. The number of benzene rings is 1. The predicted octanol–water partition coefficient (Wildman–Crippen LogP) is 1.95. The Morgan fingerprint density at radius 2 is 2.05 bits per heavy atom. The highest BCUT2D eigenvalue weighted by molar-refractivity contribution is 5.65. The van der Waals surface area contributed by atoms with Crippen LogP contribution < -0.4 is 9.64 Å². The molecular formula is C13H18N2O4. The van der Waals surface area contributed by atoms with Crippen LogP contribution in [-0.2, 0) is 0 Å². The zero-order chi connectivity index (χ0) is 14.0. The van der Waals surface area contributed by atoms with Gasteiger partial charge in [-0.15, -0.1) is 0 Å². The van der Waals surface area contributed by atoms with E-state index in [0.717, 1.165) is 0 Å². The lowest BCUT2D eigenvalue weighted by molar-refractivity contribution is -0.384. The van der Waals surface area contributed by atoms with Gasteiger partial charge in [0.25, 0.3) is 5.69 Å². The van der Waals surface area contributed by atoms with Gasteiger partial charge in [0.05, 0.1) is 23.7 Å². The first-order valence-corrected chi connectivity index (χ1v) is 6.23. The molecule has 1 aliphatic rings.